The summed E-state index contributed by atoms with van der Waals surface area (Å²) < 4.78 is 5.10. The molecular weight excluding hydrogens is 280 g/mol. The molecule has 0 saturated carbocycles. The number of nitro groups is 1. The Balaban J connectivity index is 2.13. The first kappa shape index (κ1) is 13.7. The summed E-state index contributed by atoms with van der Waals surface area (Å²) in [5.41, 5.74) is 9.22. The van der Waals surface area contributed by atoms with E-state index in [0.717, 1.165) is 11.1 Å². The second-order valence-corrected chi connectivity index (χ2v) is 4.19. The van der Waals surface area contributed by atoms with Crippen LogP contribution < -0.4 is 11.2 Å². The third kappa shape index (κ3) is 3.39. The summed E-state index contributed by atoms with van der Waals surface area (Å²) >= 11 is 4.60. The van der Waals surface area contributed by atoms with Gasteiger partial charge in [-0.1, -0.05) is 24.3 Å². The van der Waals surface area contributed by atoms with Crippen LogP contribution in [-0.2, 0) is 0 Å². The van der Waals surface area contributed by atoms with Gasteiger partial charge in [0.25, 0.3) is 0 Å². The average molecular weight is 290 g/mol. The van der Waals surface area contributed by atoms with Crippen LogP contribution in [0.4, 0.5) is 5.88 Å². The van der Waals surface area contributed by atoms with Crippen LogP contribution in [0.1, 0.15) is 5.56 Å². The average Bonchev–Trinajstić information content (AvgIpc) is 2.89. The van der Waals surface area contributed by atoms with Crippen molar-refractivity contribution in [2.45, 2.75) is 0 Å². The van der Waals surface area contributed by atoms with Gasteiger partial charge in [0.2, 0.25) is 0 Å². The van der Waals surface area contributed by atoms with Crippen molar-refractivity contribution in [3.8, 4) is 11.3 Å². The lowest BCUT2D eigenvalue weighted by molar-refractivity contribution is -0.401. The Hall–Kier alpha value is -2.74. The molecule has 102 valence electrons. The Kier molecular flexibility index (Phi) is 4.06. The molecule has 0 aliphatic carbocycles. The standard InChI is InChI=1S/C12H10N4O3S/c13-12(20)15-14-7-8-1-3-9(4-2-8)10-5-6-11(19-10)16(17)18/h1-7H,(H3,13,15,20). The number of furan rings is 1. The normalized spacial score (nSPS) is 10.6. The van der Waals surface area contributed by atoms with E-state index in [9.17, 15) is 10.1 Å². The fraction of sp³-hybridized carbons (Fsp3) is 0. The van der Waals surface area contributed by atoms with Gasteiger partial charge in [-0.15, -0.1) is 0 Å². The number of hydrogen-bond donors (Lipinski definition) is 2. The summed E-state index contributed by atoms with van der Waals surface area (Å²) in [5.74, 6) is 0.146. The Morgan fingerprint density at radius 2 is 2.05 bits per heavy atom. The fourth-order valence-corrected chi connectivity index (χ4v) is 1.54. The van der Waals surface area contributed by atoms with Crippen LogP contribution in [0.2, 0.25) is 0 Å². The van der Waals surface area contributed by atoms with Crippen molar-refractivity contribution < 1.29 is 9.34 Å². The van der Waals surface area contributed by atoms with Gasteiger partial charge in [-0.3, -0.25) is 15.5 Å². The van der Waals surface area contributed by atoms with E-state index in [-0.39, 0.29) is 11.0 Å². The Bertz CT molecular complexity index is 664. The fourth-order valence-electron chi connectivity index (χ4n) is 1.48. The van der Waals surface area contributed by atoms with Crippen molar-refractivity contribution in [1.82, 2.24) is 5.43 Å². The van der Waals surface area contributed by atoms with Crippen LogP contribution in [0.25, 0.3) is 11.3 Å². The number of hydrogen-bond acceptors (Lipinski definition) is 5. The molecule has 0 radical (unpaired) electrons. The van der Waals surface area contributed by atoms with Gasteiger partial charge >= 0.3 is 5.88 Å². The molecule has 0 unspecified atom stereocenters. The second kappa shape index (κ2) is 5.93. The summed E-state index contributed by atoms with van der Waals surface area (Å²) in [6.07, 6.45) is 1.55. The lowest BCUT2D eigenvalue weighted by atomic mass is 10.1. The molecule has 0 amide bonds. The van der Waals surface area contributed by atoms with Gasteiger partial charge in [0.05, 0.1) is 12.3 Å². The van der Waals surface area contributed by atoms with Crippen LogP contribution in [0.15, 0.2) is 45.9 Å². The maximum atomic E-state index is 10.5. The first-order chi connectivity index (χ1) is 9.56. The van der Waals surface area contributed by atoms with Gasteiger partial charge < -0.3 is 10.2 Å². The van der Waals surface area contributed by atoms with E-state index in [1.165, 1.54) is 6.07 Å². The number of nitrogens with one attached hydrogen (secondary N) is 1. The van der Waals surface area contributed by atoms with E-state index >= 15 is 0 Å². The van der Waals surface area contributed by atoms with Gasteiger partial charge in [0, 0.05) is 5.56 Å². The summed E-state index contributed by atoms with van der Waals surface area (Å²) in [7, 11) is 0. The summed E-state index contributed by atoms with van der Waals surface area (Å²) in [6, 6.07) is 9.98. The number of thiocarbonyl (C=S) groups is 1. The number of rotatable bonds is 4. The molecule has 2 rings (SSSR count). The number of hydrazone groups is 1. The van der Waals surface area contributed by atoms with E-state index in [2.05, 4.69) is 22.7 Å². The molecule has 1 aromatic carbocycles. The first-order valence-electron chi connectivity index (χ1n) is 5.49. The van der Waals surface area contributed by atoms with Crippen LogP contribution in [-0.4, -0.2) is 16.3 Å². The first-order valence-corrected chi connectivity index (χ1v) is 5.90. The van der Waals surface area contributed by atoms with Gasteiger partial charge in [-0.05, 0) is 23.8 Å². The molecular formula is C12H10N4O3S. The molecule has 0 atom stereocenters. The molecule has 0 saturated heterocycles. The Morgan fingerprint density at radius 1 is 1.35 bits per heavy atom. The summed E-state index contributed by atoms with van der Waals surface area (Å²) in [6.45, 7) is 0. The molecule has 1 aromatic heterocycles. The molecule has 0 bridgehead atoms. The highest BCUT2D eigenvalue weighted by Gasteiger charge is 2.12. The highest BCUT2D eigenvalue weighted by molar-refractivity contribution is 7.80. The third-order valence-corrected chi connectivity index (χ3v) is 2.45. The van der Waals surface area contributed by atoms with Gasteiger partial charge in [0.1, 0.15) is 10.7 Å². The molecule has 7 nitrogen and oxygen atoms in total. The van der Waals surface area contributed by atoms with E-state index < -0.39 is 4.92 Å². The van der Waals surface area contributed by atoms with Crippen LogP contribution in [0.3, 0.4) is 0 Å². The van der Waals surface area contributed by atoms with Crippen LogP contribution in [0, 0.1) is 10.1 Å². The van der Waals surface area contributed by atoms with Crippen molar-refractivity contribution in [1.29, 1.82) is 0 Å². The minimum Gasteiger partial charge on any atom is -0.401 e. The summed E-state index contributed by atoms with van der Waals surface area (Å²) in [5, 5.41) is 14.4. The molecule has 8 heteroatoms. The smallest absolute Gasteiger partial charge is 0.401 e. The predicted molar refractivity (Wildman–Crippen MR) is 78.3 cm³/mol. The molecule has 0 fully saturated rings. The van der Waals surface area contributed by atoms with E-state index in [4.69, 9.17) is 10.2 Å². The van der Waals surface area contributed by atoms with Crippen molar-refractivity contribution in [2.75, 3.05) is 0 Å². The number of benzene rings is 1. The quantitative estimate of drug-likeness (QED) is 0.386. The summed E-state index contributed by atoms with van der Waals surface area (Å²) in [4.78, 5) is 9.96. The monoisotopic (exact) mass is 290 g/mol. The third-order valence-electron chi connectivity index (χ3n) is 2.36. The van der Waals surface area contributed by atoms with E-state index in [0.29, 0.717) is 5.76 Å². The van der Waals surface area contributed by atoms with Gasteiger partial charge in [0.15, 0.2) is 5.11 Å². The van der Waals surface area contributed by atoms with Crippen LogP contribution in [0.5, 0.6) is 0 Å². The van der Waals surface area contributed by atoms with E-state index in [1.54, 1.807) is 36.5 Å². The van der Waals surface area contributed by atoms with Crippen molar-refractivity contribution >= 4 is 29.4 Å². The highest BCUT2D eigenvalue weighted by Crippen LogP contribution is 2.25. The zero-order valence-electron chi connectivity index (χ0n) is 10.1. The topological polar surface area (TPSA) is 107 Å². The Labute approximate surface area is 119 Å². The lowest BCUT2D eigenvalue weighted by Crippen LogP contribution is -2.23. The number of nitrogens with two attached hydrogens (primary N) is 1. The van der Waals surface area contributed by atoms with Crippen molar-refractivity contribution in [2.24, 2.45) is 10.8 Å². The molecule has 20 heavy (non-hydrogen) atoms. The molecule has 0 spiro atoms. The molecule has 0 aliphatic rings. The van der Waals surface area contributed by atoms with Gasteiger partial charge in [-0.25, -0.2) is 0 Å². The van der Waals surface area contributed by atoms with Crippen molar-refractivity contribution in [3.05, 3.63) is 52.1 Å². The lowest BCUT2D eigenvalue weighted by Gasteiger charge is -1.98. The zero-order valence-corrected chi connectivity index (χ0v) is 11.0. The maximum Gasteiger partial charge on any atom is 0.433 e. The SMILES string of the molecule is NC(=S)NN=Cc1ccc(-c2ccc([N+](=O)[O-])o2)cc1. The molecule has 0 aliphatic heterocycles. The van der Waals surface area contributed by atoms with Crippen LogP contribution >= 0.6 is 12.2 Å². The van der Waals surface area contributed by atoms with Gasteiger partial charge in [-0.2, -0.15) is 5.10 Å². The highest BCUT2D eigenvalue weighted by atomic mass is 32.1. The predicted octanol–water partition coefficient (Wildman–Crippen LogP) is 2.02. The van der Waals surface area contributed by atoms with Crippen molar-refractivity contribution in [3.63, 3.8) is 0 Å². The van der Waals surface area contributed by atoms with E-state index in [1.807, 2.05) is 0 Å². The second-order valence-electron chi connectivity index (χ2n) is 3.75. The number of nitrogens with zero attached hydrogens (tertiary/aromatic N) is 2. The minimum atomic E-state index is -0.577. The molecule has 1 heterocycles. The minimum absolute atomic E-state index is 0.0840. The molecule has 2 aromatic rings. The molecule has 3 N–H and O–H groups in total. The largest absolute Gasteiger partial charge is 0.433 e. The maximum absolute atomic E-state index is 10.5. The Morgan fingerprint density at radius 3 is 2.60 bits per heavy atom. The zero-order chi connectivity index (χ0) is 14.5.